The van der Waals surface area contributed by atoms with Gasteiger partial charge in [0.1, 0.15) is 5.01 Å². The second-order valence-corrected chi connectivity index (χ2v) is 6.27. The smallest absolute Gasteiger partial charge is 0.245 e. The van der Waals surface area contributed by atoms with Gasteiger partial charge in [-0.1, -0.05) is 32.1 Å². The molecule has 1 heterocycles. The number of hydrogen-bond acceptors (Lipinski definition) is 5. The highest BCUT2D eigenvalue weighted by Crippen LogP contribution is 2.19. The van der Waals surface area contributed by atoms with Crippen molar-refractivity contribution >= 4 is 22.4 Å². The van der Waals surface area contributed by atoms with E-state index in [1.54, 1.807) is 0 Å². The van der Waals surface area contributed by atoms with Gasteiger partial charge in [0.15, 0.2) is 0 Å². The first-order valence-electron chi connectivity index (χ1n) is 6.24. The number of rotatable bonds is 6. The van der Waals surface area contributed by atoms with E-state index >= 15 is 0 Å². The van der Waals surface area contributed by atoms with Gasteiger partial charge < -0.3 is 5.32 Å². The van der Waals surface area contributed by atoms with Gasteiger partial charge in [-0.2, -0.15) is 0 Å². The van der Waals surface area contributed by atoms with Gasteiger partial charge in [0, 0.05) is 6.42 Å². The standard InChI is InChI=1S/C12H22N4OS/c1-6-13-12(4,5)10(17)14-11-16-15-9(18-11)7-8(2)3/h8,13H,6-7H2,1-5H3,(H,14,16,17). The van der Waals surface area contributed by atoms with Gasteiger partial charge in [-0.25, -0.2) is 0 Å². The van der Waals surface area contributed by atoms with E-state index < -0.39 is 5.54 Å². The molecule has 0 aromatic carbocycles. The van der Waals surface area contributed by atoms with E-state index in [1.165, 1.54) is 11.3 Å². The van der Waals surface area contributed by atoms with Crippen LogP contribution in [0.5, 0.6) is 0 Å². The number of carbonyl (C=O) groups is 1. The maximum absolute atomic E-state index is 12.0. The second kappa shape index (κ2) is 6.24. The molecule has 1 aromatic heterocycles. The average Bonchev–Trinajstić information content (AvgIpc) is 2.64. The lowest BCUT2D eigenvalue weighted by Crippen LogP contribution is -2.49. The highest BCUT2D eigenvalue weighted by Gasteiger charge is 2.27. The summed E-state index contributed by atoms with van der Waals surface area (Å²) in [5.41, 5.74) is -0.599. The van der Waals surface area contributed by atoms with Crippen molar-refractivity contribution in [1.29, 1.82) is 0 Å². The summed E-state index contributed by atoms with van der Waals surface area (Å²) in [6, 6.07) is 0. The predicted molar refractivity (Wildman–Crippen MR) is 74.8 cm³/mol. The van der Waals surface area contributed by atoms with Gasteiger partial charge in [-0.05, 0) is 26.3 Å². The van der Waals surface area contributed by atoms with Crippen LogP contribution >= 0.6 is 11.3 Å². The Labute approximate surface area is 112 Å². The summed E-state index contributed by atoms with van der Waals surface area (Å²) in [5, 5.41) is 15.5. The molecule has 1 rings (SSSR count). The van der Waals surface area contributed by atoms with Crippen molar-refractivity contribution in [1.82, 2.24) is 15.5 Å². The molecular weight excluding hydrogens is 248 g/mol. The van der Waals surface area contributed by atoms with Crippen LogP contribution in [-0.4, -0.2) is 28.2 Å². The number of nitrogens with one attached hydrogen (secondary N) is 2. The zero-order valence-corrected chi connectivity index (χ0v) is 12.5. The van der Waals surface area contributed by atoms with Crippen LogP contribution in [0, 0.1) is 5.92 Å². The van der Waals surface area contributed by atoms with Crippen molar-refractivity contribution in [2.75, 3.05) is 11.9 Å². The van der Waals surface area contributed by atoms with Crippen LogP contribution < -0.4 is 10.6 Å². The lowest BCUT2D eigenvalue weighted by Gasteiger charge is -2.23. The molecule has 0 aliphatic heterocycles. The molecule has 2 N–H and O–H groups in total. The molecule has 0 bridgehead atoms. The summed E-state index contributed by atoms with van der Waals surface area (Å²) >= 11 is 1.44. The van der Waals surface area contributed by atoms with E-state index in [2.05, 4.69) is 34.7 Å². The zero-order valence-electron chi connectivity index (χ0n) is 11.7. The van der Waals surface area contributed by atoms with Crippen LogP contribution in [-0.2, 0) is 11.2 Å². The van der Waals surface area contributed by atoms with Crippen molar-refractivity contribution in [3.8, 4) is 0 Å². The molecule has 0 atom stereocenters. The monoisotopic (exact) mass is 270 g/mol. The Balaban J connectivity index is 2.62. The Bertz CT molecular complexity index is 401. The Hall–Kier alpha value is -1.01. The number of aromatic nitrogens is 2. The van der Waals surface area contributed by atoms with Crippen LogP contribution in [0.15, 0.2) is 0 Å². The summed E-state index contributed by atoms with van der Waals surface area (Å²) < 4.78 is 0. The molecule has 0 spiro atoms. The fraction of sp³-hybridized carbons (Fsp3) is 0.750. The second-order valence-electron chi connectivity index (χ2n) is 5.21. The van der Waals surface area contributed by atoms with E-state index in [9.17, 15) is 4.79 Å². The molecule has 1 amide bonds. The third-order valence-electron chi connectivity index (χ3n) is 2.46. The van der Waals surface area contributed by atoms with E-state index in [-0.39, 0.29) is 5.91 Å². The maximum Gasteiger partial charge on any atom is 0.245 e. The van der Waals surface area contributed by atoms with Crippen molar-refractivity contribution in [3.63, 3.8) is 0 Å². The molecule has 0 fully saturated rings. The Morgan fingerprint density at radius 1 is 1.39 bits per heavy atom. The van der Waals surface area contributed by atoms with Crippen LogP contribution in [0.25, 0.3) is 0 Å². The number of likely N-dealkylation sites (N-methyl/N-ethyl adjacent to an activating group) is 1. The van der Waals surface area contributed by atoms with Crippen molar-refractivity contribution < 1.29 is 4.79 Å². The topological polar surface area (TPSA) is 66.9 Å². The summed E-state index contributed by atoms with van der Waals surface area (Å²) in [6.45, 7) is 10.7. The molecule has 1 aromatic rings. The molecule has 102 valence electrons. The minimum atomic E-state index is -0.599. The third kappa shape index (κ3) is 4.34. The fourth-order valence-corrected chi connectivity index (χ4v) is 2.46. The van der Waals surface area contributed by atoms with Crippen molar-refractivity contribution in [2.45, 2.75) is 46.6 Å². The maximum atomic E-state index is 12.0. The molecule has 0 saturated heterocycles. The van der Waals surface area contributed by atoms with E-state index in [4.69, 9.17) is 0 Å². The van der Waals surface area contributed by atoms with E-state index in [0.29, 0.717) is 11.0 Å². The molecule has 6 heteroatoms. The number of anilines is 1. The Morgan fingerprint density at radius 2 is 2.06 bits per heavy atom. The van der Waals surface area contributed by atoms with Gasteiger partial charge >= 0.3 is 0 Å². The van der Waals surface area contributed by atoms with Crippen LogP contribution in [0.4, 0.5) is 5.13 Å². The minimum Gasteiger partial charge on any atom is -0.304 e. The number of hydrogen-bond donors (Lipinski definition) is 2. The summed E-state index contributed by atoms with van der Waals surface area (Å²) in [5.74, 6) is 0.455. The minimum absolute atomic E-state index is 0.0865. The normalized spacial score (nSPS) is 11.9. The Morgan fingerprint density at radius 3 is 2.61 bits per heavy atom. The number of carbonyl (C=O) groups excluding carboxylic acids is 1. The molecule has 0 radical (unpaired) electrons. The number of nitrogens with zero attached hydrogens (tertiary/aromatic N) is 2. The van der Waals surface area contributed by atoms with E-state index in [0.717, 1.165) is 18.0 Å². The Kier molecular flexibility index (Phi) is 5.22. The first-order valence-corrected chi connectivity index (χ1v) is 7.05. The highest BCUT2D eigenvalue weighted by molar-refractivity contribution is 7.15. The summed E-state index contributed by atoms with van der Waals surface area (Å²) in [6.07, 6.45) is 0.893. The average molecular weight is 270 g/mol. The first-order chi connectivity index (χ1) is 8.35. The lowest BCUT2D eigenvalue weighted by molar-refractivity contribution is -0.121. The highest BCUT2D eigenvalue weighted by atomic mass is 32.1. The largest absolute Gasteiger partial charge is 0.304 e. The molecule has 5 nitrogen and oxygen atoms in total. The van der Waals surface area contributed by atoms with Gasteiger partial charge in [-0.15, -0.1) is 10.2 Å². The van der Waals surface area contributed by atoms with Gasteiger partial charge in [0.2, 0.25) is 11.0 Å². The van der Waals surface area contributed by atoms with Crippen molar-refractivity contribution in [2.24, 2.45) is 5.92 Å². The predicted octanol–water partition coefficient (Wildman–Crippen LogP) is 2.06. The molecule has 0 aliphatic rings. The van der Waals surface area contributed by atoms with Crippen LogP contribution in [0.3, 0.4) is 0 Å². The first kappa shape index (κ1) is 15.0. The third-order valence-corrected chi connectivity index (χ3v) is 3.32. The molecule has 0 unspecified atom stereocenters. The molecule has 18 heavy (non-hydrogen) atoms. The van der Waals surface area contributed by atoms with Gasteiger partial charge in [0.05, 0.1) is 5.54 Å². The number of amides is 1. The fourth-order valence-electron chi connectivity index (χ4n) is 1.51. The summed E-state index contributed by atoms with van der Waals surface area (Å²) in [7, 11) is 0. The van der Waals surface area contributed by atoms with Gasteiger partial charge in [0.25, 0.3) is 0 Å². The van der Waals surface area contributed by atoms with Crippen molar-refractivity contribution in [3.05, 3.63) is 5.01 Å². The lowest BCUT2D eigenvalue weighted by atomic mass is 10.1. The molecular formula is C12H22N4OS. The zero-order chi connectivity index (χ0) is 13.8. The van der Waals surface area contributed by atoms with Crippen LogP contribution in [0.2, 0.25) is 0 Å². The quantitative estimate of drug-likeness (QED) is 0.830. The molecule has 0 aliphatic carbocycles. The van der Waals surface area contributed by atoms with E-state index in [1.807, 2.05) is 20.8 Å². The van der Waals surface area contributed by atoms with Gasteiger partial charge in [-0.3, -0.25) is 10.1 Å². The SMILES string of the molecule is CCNC(C)(C)C(=O)Nc1nnc(CC(C)C)s1. The summed E-state index contributed by atoms with van der Waals surface area (Å²) in [4.78, 5) is 12.0. The van der Waals surface area contributed by atoms with Crippen LogP contribution in [0.1, 0.15) is 39.6 Å². The molecule has 0 saturated carbocycles.